The molecular formula is C20H24N6O6S. The molecule has 0 atom stereocenters. The summed E-state index contributed by atoms with van der Waals surface area (Å²) in [5.74, 6) is 0.773. The molecule has 0 aliphatic carbocycles. The second-order valence-corrected chi connectivity index (χ2v) is 9.33. The van der Waals surface area contributed by atoms with Crippen LogP contribution in [0.3, 0.4) is 0 Å². The minimum Gasteiger partial charge on any atom is -0.454 e. The molecule has 0 spiro atoms. The first-order chi connectivity index (χ1) is 15.7. The fraction of sp³-hybridized carbons (Fsp3) is 0.400. The van der Waals surface area contributed by atoms with Crippen molar-refractivity contribution in [1.82, 2.24) is 14.0 Å². The van der Waals surface area contributed by atoms with Gasteiger partial charge in [-0.1, -0.05) is 6.07 Å². The number of guanidine groups is 1. The van der Waals surface area contributed by atoms with Crippen molar-refractivity contribution >= 4 is 27.8 Å². The lowest BCUT2D eigenvalue weighted by Gasteiger charge is -2.07. The molecule has 4 rings (SSSR count). The van der Waals surface area contributed by atoms with E-state index in [1.54, 1.807) is 4.57 Å². The summed E-state index contributed by atoms with van der Waals surface area (Å²) in [4.78, 5) is 26.6. The number of benzene rings is 1. The average Bonchev–Trinajstić information content (AvgIpc) is 3.43. The van der Waals surface area contributed by atoms with Crippen molar-refractivity contribution in [3.63, 3.8) is 0 Å². The number of ether oxygens (including phenoxy) is 2. The van der Waals surface area contributed by atoms with E-state index in [0.29, 0.717) is 12.0 Å². The van der Waals surface area contributed by atoms with Crippen LogP contribution in [0.4, 0.5) is 0 Å². The third kappa shape index (κ3) is 4.68. The number of hydrogen-bond donors (Lipinski definition) is 0. The molecule has 0 bridgehead atoms. The highest BCUT2D eigenvalue weighted by Crippen LogP contribution is 2.33. The number of amides is 1. The first-order valence-corrected chi connectivity index (χ1v) is 11.6. The van der Waals surface area contributed by atoms with Gasteiger partial charge in [0.25, 0.3) is 16.0 Å². The van der Waals surface area contributed by atoms with E-state index in [4.69, 9.17) is 9.47 Å². The first-order valence-electron chi connectivity index (χ1n) is 10.0. The van der Waals surface area contributed by atoms with Gasteiger partial charge in [-0.2, -0.15) is 18.4 Å². The van der Waals surface area contributed by atoms with Crippen LogP contribution in [0.5, 0.6) is 11.5 Å². The van der Waals surface area contributed by atoms with Gasteiger partial charge < -0.3 is 18.6 Å². The molecule has 1 aromatic heterocycles. The standard InChI is InChI=1S/C20H24N6O6S/c1-24-11-14(9-13-5-6-15-16(10-13)32-12-31-15)25(2)20(24)23-17-18(27)26(3)19(22-17)21-7-8-33(28,29)30-4/h5-6,10-11H,7-9,12H2,1-4H3. The molecule has 33 heavy (non-hydrogen) atoms. The van der Waals surface area contributed by atoms with Crippen LogP contribution in [0.2, 0.25) is 0 Å². The topological polar surface area (TPSA) is 129 Å². The van der Waals surface area contributed by atoms with Gasteiger partial charge in [0.2, 0.25) is 24.2 Å². The molecule has 0 saturated carbocycles. The Bertz CT molecular complexity index is 1340. The lowest BCUT2D eigenvalue weighted by atomic mass is 10.1. The second-order valence-electron chi connectivity index (χ2n) is 7.48. The third-order valence-electron chi connectivity index (χ3n) is 5.27. The summed E-state index contributed by atoms with van der Waals surface area (Å²) in [7, 11) is 2.64. The number of aromatic nitrogens is 2. The highest BCUT2D eigenvalue weighted by Gasteiger charge is 2.28. The Morgan fingerprint density at radius 1 is 1.18 bits per heavy atom. The zero-order chi connectivity index (χ0) is 23.8. The summed E-state index contributed by atoms with van der Waals surface area (Å²) in [6.07, 6.45) is 2.55. The van der Waals surface area contributed by atoms with E-state index in [9.17, 15) is 13.2 Å². The number of fused-ring (bicyclic) bond motifs is 1. The number of rotatable bonds is 6. The van der Waals surface area contributed by atoms with Gasteiger partial charge in [0.15, 0.2) is 11.5 Å². The lowest BCUT2D eigenvalue weighted by molar-refractivity contribution is -0.119. The van der Waals surface area contributed by atoms with Crippen LogP contribution in [-0.4, -0.2) is 73.4 Å². The molecule has 1 aromatic carbocycles. The maximum atomic E-state index is 12.6. The number of nitrogens with zero attached hydrogens (tertiary/aromatic N) is 6. The quantitative estimate of drug-likeness (QED) is 0.531. The fourth-order valence-electron chi connectivity index (χ4n) is 3.42. The maximum absolute atomic E-state index is 12.6. The van der Waals surface area contributed by atoms with Crippen molar-refractivity contribution in [2.24, 2.45) is 29.1 Å². The van der Waals surface area contributed by atoms with Crippen molar-refractivity contribution < 1.29 is 26.9 Å². The van der Waals surface area contributed by atoms with Crippen molar-refractivity contribution in [3.8, 4) is 11.5 Å². The molecule has 12 nitrogen and oxygen atoms in total. The Hall–Kier alpha value is -3.45. The number of hydrogen-bond acceptors (Lipinski definition) is 8. The molecule has 176 valence electrons. The number of imidazole rings is 1. The van der Waals surface area contributed by atoms with Crippen molar-refractivity contribution in [2.75, 3.05) is 33.2 Å². The summed E-state index contributed by atoms with van der Waals surface area (Å²) >= 11 is 0. The van der Waals surface area contributed by atoms with E-state index in [-0.39, 0.29) is 30.9 Å². The largest absolute Gasteiger partial charge is 0.454 e. The zero-order valence-corrected chi connectivity index (χ0v) is 19.5. The van der Waals surface area contributed by atoms with E-state index < -0.39 is 16.0 Å². The number of aryl methyl sites for hydroxylation is 1. The Morgan fingerprint density at radius 3 is 2.70 bits per heavy atom. The molecular weight excluding hydrogens is 452 g/mol. The Kier molecular flexibility index (Phi) is 6.08. The van der Waals surface area contributed by atoms with Gasteiger partial charge in [-0.05, 0) is 17.7 Å². The fourth-order valence-corrected chi connectivity index (χ4v) is 3.90. The highest BCUT2D eigenvalue weighted by atomic mass is 32.2. The van der Waals surface area contributed by atoms with Gasteiger partial charge in [0.1, 0.15) is 0 Å². The van der Waals surface area contributed by atoms with Gasteiger partial charge in [-0.15, -0.1) is 0 Å². The highest BCUT2D eigenvalue weighted by molar-refractivity contribution is 7.86. The lowest BCUT2D eigenvalue weighted by Crippen LogP contribution is -2.31. The normalized spacial score (nSPS) is 17.4. The molecule has 1 amide bonds. The molecule has 2 aromatic rings. The predicted octanol–water partition coefficient (Wildman–Crippen LogP) is -0.213. The SMILES string of the molecule is COS(=O)(=O)CCN=C1N=C(N=c2n(C)cc(Cc3ccc4c(c3)OCO4)n2C)C(=O)N1C. The van der Waals surface area contributed by atoms with Crippen LogP contribution < -0.4 is 15.1 Å². The van der Waals surface area contributed by atoms with Crippen LogP contribution in [0.1, 0.15) is 11.3 Å². The van der Waals surface area contributed by atoms with E-state index in [1.165, 1.54) is 11.9 Å². The number of carbonyl (C=O) groups is 1. The summed E-state index contributed by atoms with van der Waals surface area (Å²) in [5, 5.41) is 0. The molecule has 2 aliphatic heterocycles. The van der Waals surface area contributed by atoms with E-state index in [1.807, 2.05) is 43.1 Å². The van der Waals surface area contributed by atoms with E-state index in [0.717, 1.165) is 29.9 Å². The second kappa shape index (κ2) is 8.83. The average molecular weight is 477 g/mol. The smallest absolute Gasteiger partial charge is 0.298 e. The van der Waals surface area contributed by atoms with Gasteiger partial charge in [0.05, 0.1) is 19.4 Å². The molecule has 0 radical (unpaired) electrons. The Morgan fingerprint density at radius 2 is 1.94 bits per heavy atom. The van der Waals surface area contributed by atoms with Crippen LogP contribution >= 0.6 is 0 Å². The minimum absolute atomic E-state index is 0.0303. The monoisotopic (exact) mass is 476 g/mol. The van der Waals surface area contributed by atoms with Crippen LogP contribution in [0.15, 0.2) is 39.4 Å². The molecule has 13 heteroatoms. The first kappa shape index (κ1) is 22.7. The minimum atomic E-state index is -3.65. The Balaban J connectivity index is 1.58. The molecule has 0 unspecified atom stereocenters. The molecule has 0 N–H and O–H groups in total. The van der Waals surface area contributed by atoms with Crippen LogP contribution in [0, 0.1) is 0 Å². The molecule has 2 aliphatic rings. The van der Waals surface area contributed by atoms with Gasteiger partial charge in [0, 0.05) is 39.5 Å². The number of carbonyl (C=O) groups excluding carboxylic acids is 1. The molecule has 3 heterocycles. The zero-order valence-electron chi connectivity index (χ0n) is 18.7. The van der Waals surface area contributed by atoms with Crippen molar-refractivity contribution in [1.29, 1.82) is 0 Å². The van der Waals surface area contributed by atoms with Gasteiger partial charge in [-0.25, -0.2) is 4.99 Å². The van der Waals surface area contributed by atoms with Gasteiger partial charge in [-0.3, -0.25) is 13.9 Å². The van der Waals surface area contributed by atoms with Crippen molar-refractivity contribution in [3.05, 3.63) is 41.3 Å². The number of amidine groups is 1. The molecule has 0 fully saturated rings. The summed E-state index contributed by atoms with van der Waals surface area (Å²) in [6, 6.07) is 5.80. The summed E-state index contributed by atoms with van der Waals surface area (Å²) in [5.41, 5.74) is 2.53. The maximum Gasteiger partial charge on any atom is 0.298 e. The van der Waals surface area contributed by atoms with Crippen molar-refractivity contribution in [2.45, 2.75) is 6.42 Å². The van der Waals surface area contributed by atoms with E-state index >= 15 is 0 Å². The number of likely N-dealkylation sites (N-methyl/N-ethyl adjacent to an activating group) is 1. The summed E-state index contributed by atoms with van der Waals surface area (Å²) < 4.78 is 41.8. The summed E-state index contributed by atoms with van der Waals surface area (Å²) in [6.45, 7) is 0.135. The van der Waals surface area contributed by atoms with Crippen LogP contribution in [-0.2, 0) is 39.6 Å². The van der Waals surface area contributed by atoms with Gasteiger partial charge >= 0.3 is 0 Å². The van der Waals surface area contributed by atoms with E-state index in [2.05, 4.69) is 19.2 Å². The third-order valence-corrected chi connectivity index (χ3v) is 6.46. The predicted molar refractivity (Wildman–Crippen MR) is 119 cm³/mol. The van der Waals surface area contributed by atoms with Crippen LogP contribution in [0.25, 0.3) is 0 Å². The Labute approximate surface area is 190 Å². The number of aliphatic imine (C=N–C) groups is 2. The molecule has 0 saturated heterocycles.